The summed E-state index contributed by atoms with van der Waals surface area (Å²) in [5.41, 5.74) is 2.34. The molecule has 1 aliphatic heterocycles. The zero-order chi connectivity index (χ0) is 13.0. The van der Waals surface area contributed by atoms with Crippen LogP contribution in [-0.4, -0.2) is 40.9 Å². The van der Waals surface area contributed by atoms with Gasteiger partial charge in [0.25, 0.3) is 0 Å². The van der Waals surface area contributed by atoms with E-state index in [0.717, 1.165) is 36.3 Å². The summed E-state index contributed by atoms with van der Waals surface area (Å²) >= 11 is 3.63. The highest BCUT2D eigenvalue weighted by Gasteiger charge is 2.13. The van der Waals surface area contributed by atoms with Gasteiger partial charge in [0.2, 0.25) is 0 Å². The molecule has 0 saturated carbocycles. The molecule has 5 heteroatoms. The predicted molar refractivity (Wildman–Crippen MR) is 77.7 cm³/mol. The molecule has 1 aliphatic rings. The molecule has 1 aromatic rings. The lowest BCUT2D eigenvalue weighted by atomic mass is 10.3. The molecule has 2 rings (SSSR count). The number of nitrogens with zero attached hydrogens (tertiary/aromatic N) is 3. The third-order valence-electron chi connectivity index (χ3n) is 3.55. The highest BCUT2D eigenvalue weighted by molar-refractivity contribution is 9.10. The number of nitrogens with one attached hydrogen (secondary N) is 1. The molecule has 1 N–H and O–H groups in total. The minimum atomic E-state index is 0.892. The standard InChI is InChI=1S/C13H23BrN4/c1-3-18-12(13(14)11(2)16-18)10-15-6-9-17-7-4-5-8-17/h15H,3-10H2,1-2H3. The quantitative estimate of drug-likeness (QED) is 0.817. The third-order valence-corrected chi connectivity index (χ3v) is 4.58. The van der Waals surface area contributed by atoms with E-state index in [1.54, 1.807) is 0 Å². The largest absolute Gasteiger partial charge is 0.310 e. The van der Waals surface area contributed by atoms with Gasteiger partial charge < -0.3 is 10.2 Å². The topological polar surface area (TPSA) is 33.1 Å². The van der Waals surface area contributed by atoms with Gasteiger partial charge in [-0.15, -0.1) is 0 Å². The maximum atomic E-state index is 4.50. The molecule has 0 bridgehead atoms. The fourth-order valence-corrected chi connectivity index (χ4v) is 2.91. The van der Waals surface area contributed by atoms with Gasteiger partial charge >= 0.3 is 0 Å². The van der Waals surface area contributed by atoms with Crippen LogP contribution in [0.2, 0.25) is 0 Å². The first kappa shape index (κ1) is 14.0. The zero-order valence-electron chi connectivity index (χ0n) is 11.4. The maximum Gasteiger partial charge on any atom is 0.0739 e. The van der Waals surface area contributed by atoms with E-state index in [4.69, 9.17) is 0 Å². The van der Waals surface area contributed by atoms with Gasteiger partial charge in [-0.25, -0.2) is 0 Å². The summed E-state index contributed by atoms with van der Waals surface area (Å²) in [7, 11) is 0. The molecular weight excluding hydrogens is 292 g/mol. The Kier molecular flexibility index (Phi) is 5.21. The molecule has 0 atom stereocenters. The monoisotopic (exact) mass is 314 g/mol. The first-order chi connectivity index (χ1) is 8.72. The lowest BCUT2D eigenvalue weighted by molar-refractivity contribution is 0.334. The van der Waals surface area contributed by atoms with Crippen LogP contribution in [0.1, 0.15) is 31.2 Å². The van der Waals surface area contributed by atoms with Crippen molar-refractivity contribution < 1.29 is 0 Å². The van der Waals surface area contributed by atoms with E-state index in [1.165, 1.54) is 31.6 Å². The summed E-state index contributed by atoms with van der Waals surface area (Å²) in [6.45, 7) is 10.8. The Morgan fingerprint density at radius 3 is 2.72 bits per heavy atom. The van der Waals surface area contributed by atoms with E-state index in [1.807, 2.05) is 6.92 Å². The van der Waals surface area contributed by atoms with Crippen LogP contribution < -0.4 is 5.32 Å². The maximum absolute atomic E-state index is 4.50. The third kappa shape index (κ3) is 3.33. The van der Waals surface area contributed by atoms with Gasteiger partial charge in [-0.1, -0.05) is 0 Å². The smallest absolute Gasteiger partial charge is 0.0739 e. The van der Waals surface area contributed by atoms with Crippen LogP contribution in [0.3, 0.4) is 0 Å². The molecule has 0 aliphatic carbocycles. The minimum absolute atomic E-state index is 0.892. The second-order valence-corrected chi connectivity index (χ2v) is 5.68. The van der Waals surface area contributed by atoms with Gasteiger partial charge in [0.15, 0.2) is 0 Å². The normalized spacial score (nSPS) is 16.6. The van der Waals surface area contributed by atoms with Crippen molar-refractivity contribution in [3.8, 4) is 0 Å². The van der Waals surface area contributed by atoms with Gasteiger partial charge in [-0.2, -0.15) is 5.10 Å². The van der Waals surface area contributed by atoms with Gasteiger partial charge in [-0.3, -0.25) is 4.68 Å². The van der Waals surface area contributed by atoms with Crippen LogP contribution in [0.5, 0.6) is 0 Å². The van der Waals surface area contributed by atoms with Crippen LogP contribution in [0.15, 0.2) is 4.47 Å². The Labute approximate surface area is 118 Å². The Hall–Kier alpha value is -0.390. The van der Waals surface area contributed by atoms with Crippen molar-refractivity contribution in [3.05, 3.63) is 15.9 Å². The highest BCUT2D eigenvalue weighted by Crippen LogP contribution is 2.20. The van der Waals surface area contributed by atoms with Crippen molar-refractivity contribution in [2.75, 3.05) is 26.2 Å². The van der Waals surface area contributed by atoms with Crippen LogP contribution in [0.4, 0.5) is 0 Å². The molecule has 102 valence electrons. The Morgan fingerprint density at radius 1 is 1.33 bits per heavy atom. The van der Waals surface area contributed by atoms with Gasteiger partial charge in [0.05, 0.1) is 15.9 Å². The molecule has 1 saturated heterocycles. The van der Waals surface area contributed by atoms with E-state index in [9.17, 15) is 0 Å². The molecule has 0 spiro atoms. The molecule has 0 aromatic carbocycles. The zero-order valence-corrected chi connectivity index (χ0v) is 13.0. The summed E-state index contributed by atoms with van der Waals surface area (Å²) in [5, 5.41) is 8.03. The second-order valence-electron chi connectivity index (χ2n) is 4.89. The number of aromatic nitrogens is 2. The number of rotatable bonds is 6. The lowest BCUT2D eigenvalue weighted by Gasteiger charge is -2.15. The van der Waals surface area contributed by atoms with Gasteiger partial charge in [0, 0.05) is 26.2 Å². The van der Waals surface area contributed by atoms with Crippen molar-refractivity contribution in [1.29, 1.82) is 0 Å². The molecule has 0 amide bonds. The van der Waals surface area contributed by atoms with Crippen molar-refractivity contribution in [3.63, 3.8) is 0 Å². The average molecular weight is 315 g/mol. The number of aryl methyl sites for hydroxylation is 2. The van der Waals surface area contributed by atoms with Crippen molar-refractivity contribution in [1.82, 2.24) is 20.0 Å². The molecule has 0 radical (unpaired) electrons. The summed E-state index contributed by atoms with van der Waals surface area (Å²) in [6, 6.07) is 0. The Bertz CT molecular complexity index is 383. The van der Waals surface area contributed by atoms with Crippen LogP contribution in [-0.2, 0) is 13.1 Å². The Morgan fingerprint density at radius 2 is 2.06 bits per heavy atom. The predicted octanol–water partition coefficient (Wildman–Crippen LogP) is 2.16. The van der Waals surface area contributed by atoms with E-state index < -0.39 is 0 Å². The molecule has 1 fully saturated rings. The fourth-order valence-electron chi connectivity index (χ4n) is 2.49. The molecule has 0 unspecified atom stereocenters. The van der Waals surface area contributed by atoms with Crippen molar-refractivity contribution in [2.24, 2.45) is 0 Å². The summed E-state index contributed by atoms with van der Waals surface area (Å²) in [6.07, 6.45) is 2.74. The van der Waals surface area contributed by atoms with E-state index in [2.05, 4.69) is 42.9 Å². The molecular formula is C13H23BrN4. The molecule has 4 nitrogen and oxygen atoms in total. The highest BCUT2D eigenvalue weighted by atomic mass is 79.9. The SMILES string of the molecule is CCn1nc(C)c(Br)c1CNCCN1CCCC1. The first-order valence-electron chi connectivity index (χ1n) is 6.87. The van der Waals surface area contributed by atoms with Crippen molar-refractivity contribution in [2.45, 2.75) is 39.8 Å². The van der Waals surface area contributed by atoms with E-state index in [0.29, 0.717) is 0 Å². The number of halogens is 1. The number of hydrogen-bond donors (Lipinski definition) is 1. The van der Waals surface area contributed by atoms with Crippen LogP contribution >= 0.6 is 15.9 Å². The van der Waals surface area contributed by atoms with Crippen molar-refractivity contribution >= 4 is 15.9 Å². The number of hydrogen-bond acceptors (Lipinski definition) is 3. The first-order valence-corrected chi connectivity index (χ1v) is 7.66. The summed E-state index contributed by atoms with van der Waals surface area (Å²) in [5.74, 6) is 0. The summed E-state index contributed by atoms with van der Waals surface area (Å²) in [4.78, 5) is 2.53. The average Bonchev–Trinajstić information content (AvgIpc) is 2.96. The fraction of sp³-hybridized carbons (Fsp3) is 0.769. The molecule has 1 aromatic heterocycles. The van der Waals surface area contributed by atoms with Crippen LogP contribution in [0.25, 0.3) is 0 Å². The van der Waals surface area contributed by atoms with E-state index >= 15 is 0 Å². The van der Waals surface area contributed by atoms with E-state index in [-0.39, 0.29) is 0 Å². The Balaban J connectivity index is 1.78. The lowest BCUT2D eigenvalue weighted by Crippen LogP contribution is -2.30. The van der Waals surface area contributed by atoms with Crippen LogP contribution in [0, 0.1) is 6.92 Å². The molecule has 18 heavy (non-hydrogen) atoms. The minimum Gasteiger partial charge on any atom is -0.310 e. The second kappa shape index (κ2) is 6.68. The van der Waals surface area contributed by atoms with Gasteiger partial charge in [-0.05, 0) is 55.7 Å². The summed E-state index contributed by atoms with van der Waals surface area (Å²) < 4.78 is 3.22. The molecule has 2 heterocycles. The number of likely N-dealkylation sites (tertiary alicyclic amines) is 1. The van der Waals surface area contributed by atoms with Gasteiger partial charge in [0.1, 0.15) is 0 Å².